The average Bonchev–Trinajstić information content (AvgIpc) is 3.16. The van der Waals surface area contributed by atoms with Crippen molar-refractivity contribution in [2.45, 2.75) is 0 Å². The van der Waals surface area contributed by atoms with Crippen LogP contribution in [0.2, 0.25) is 0 Å². The molecule has 8 heteroatoms. The summed E-state index contributed by atoms with van der Waals surface area (Å²) < 4.78 is 6.48. The van der Waals surface area contributed by atoms with E-state index < -0.39 is 5.97 Å². The third kappa shape index (κ3) is 2.34. The lowest BCUT2D eigenvalue weighted by Gasteiger charge is -2.05. The molecule has 0 aliphatic rings. The van der Waals surface area contributed by atoms with Gasteiger partial charge in [-0.25, -0.2) is 14.5 Å². The van der Waals surface area contributed by atoms with E-state index in [9.17, 15) is 4.79 Å². The normalized spacial score (nSPS) is 10.5. The van der Waals surface area contributed by atoms with Crippen LogP contribution in [0.4, 0.5) is 0 Å². The third-order valence-electron chi connectivity index (χ3n) is 2.87. The van der Waals surface area contributed by atoms with Crippen molar-refractivity contribution in [2.75, 3.05) is 7.11 Å². The Balaban J connectivity index is 2.13. The van der Waals surface area contributed by atoms with Crippen molar-refractivity contribution < 1.29 is 14.6 Å². The van der Waals surface area contributed by atoms with Gasteiger partial charge >= 0.3 is 5.97 Å². The van der Waals surface area contributed by atoms with Gasteiger partial charge in [0, 0.05) is 18.3 Å². The number of nitrogens with zero attached hydrogens (tertiary/aromatic N) is 4. The molecule has 0 saturated heterocycles. The molecule has 3 aromatic rings. The van der Waals surface area contributed by atoms with Crippen molar-refractivity contribution in [3.05, 3.63) is 42.4 Å². The molecule has 3 aromatic heterocycles. The summed E-state index contributed by atoms with van der Waals surface area (Å²) >= 11 is 0. The summed E-state index contributed by atoms with van der Waals surface area (Å²) in [5, 5.41) is 19.9. The molecule has 21 heavy (non-hydrogen) atoms. The third-order valence-corrected chi connectivity index (χ3v) is 2.87. The maximum absolute atomic E-state index is 11.1. The number of carboxylic acid groups (broad SMARTS) is 1. The van der Waals surface area contributed by atoms with E-state index in [0.717, 1.165) is 0 Å². The van der Waals surface area contributed by atoms with E-state index in [4.69, 9.17) is 9.84 Å². The number of rotatable bonds is 4. The van der Waals surface area contributed by atoms with Gasteiger partial charge in [0.25, 0.3) is 0 Å². The van der Waals surface area contributed by atoms with Crippen LogP contribution >= 0.6 is 0 Å². The number of hydrogen-bond donors (Lipinski definition) is 2. The van der Waals surface area contributed by atoms with Crippen LogP contribution in [0.15, 0.2) is 36.7 Å². The zero-order valence-electron chi connectivity index (χ0n) is 11.0. The summed E-state index contributed by atoms with van der Waals surface area (Å²) in [7, 11) is 1.52. The van der Waals surface area contributed by atoms with Crippen LogP contribution in [-0.2, 0) is 0 Å². The van der Waals surface area contributed by atoms with Crippen LogP contribution in [0.1, 0.15) is 10.5 Å². The zero-order chi connectivity index (χ0) is 14.8. The molecule has 8 nitrogen and oxygen atoms in total. The Morgan fingerprint density at radius 2 is 2.24 bits per heavy atom. The Kier molecular flexibility index (Phi) is 3.11. The van der Waals surface area contributed by atoms with Gasteiger partial charge in [0.2, 0.25) is 5.88 Å². The highest BCUT2D eigenvalue weighted by atomic mass is 16.5. The summed E-state index contributed by atoms with van der Waals surface area (Å²) in [4.78, 5) is 15.2. The largest absolute Gasteiger partial charge is 0.481 e. The maximum atomic E-state index is 11.1. The van der Waals surface area contributed by atoms with Gasteiger partial charge in [0.15, 0.2) is 5.69 Å². The number of hydrogen-bond acceptors (Lipinski definition) is 5. The molecule has 0 unspecified atom stereocenters. The summed E-state index contributed by atoms with van der Waals surface area (Å²) in [6.45, 7) is 0. The van der Waals surface area contributed by atoms with Gasteiger partial charge in [-0.3, -0.25) is 5.10 Å². The Morgan fingerprint density at radius 3 is 2.81 bits per heavy atom. The van der Waals surface area contributed by atoms with E-state index in [1.807, 2.05) is 0 Å². The number of aromatic nitrogens is 5. The molecular formula is C13H11N5O3. The van der Waals surface area contributed by atoms with Crippen LogP contribution in [0.5, 0.6) is 5.88 Å². The Labute approximate surface area is 119 Å². The van der Waals surface area contributed by atoms with Gasteiger partial charge in [0.05, 0.1) is 24.7 Å². The van der Waals surface area contributed by atoms with Crippen LogP contribution in [0.3, 0.4) is 0 Å². The van der Waals surface area contributed by atoms with Crippen LogP contribution in [0.25, 0.3) is 17.1 Å². The molecule has 0 aromatic carbocycles. The maximum Gasteiger partial charge on any atom is 0.356 e. The average molecular weight is 285 g/mol. The summed E-state index contributed by atoms with van der Waals surface area (Å²) in [6, 6.07) is 6.60. The second kappa shape index (κ2) is 5.08. The van der Waals surface area contributed by atoms with Crippen molar-refractivity contribution in [2.24, 2.45) is 0 Å². The molecule has 0 spiro atoms. The summed E-state index contributed by atoms with van der Waals surface area (Å²) in [5.41, 5.74) is 1.69. The van der Waals surface area contributed by atoms with Crippen molar-refractivity contribution >= 4 is 5.97 Å². The molecule has 0 radical (unpaired) electrons. The first-order chi connectivity index (χ1) is 10.2. The predicted octanol–water partition coefficient (Wildman–Crippen LogP) is 1.36. The number of aromatic amines is 1. The van der Waals surface area contributed by atoms with Gasteiger partial charge in [-0.05, 0) is 12.1 Å². The molecule has 0 atom stereocenters. The smallest absolute Gasteiger partial charge is 0.356 e. The van der Waals surface area contributed by atoms with Gasteiger partial charge in [-0.2, -0.15) is 10.2 Å². The second-order valence-corrected chi connectivity index (χ2v) is 4.15. The molecule has 2 N–H and O–H groups in total. The minimum atomic E-state index is -1.10. The quantitative estimate of drug-likeness (QED) is 0.749. The topological polar surface area (TPSA) is 106 Å². The first-order valence-corrected chi connectivity index (χ1v) is 6.03. The monoisotopic (exact) mass is 285 g/mol. The minimum Gasteiger partial charge on any atom is -0.481 e. The van der Waals surface area contributed by atoms with Gasteiger partial charge in [-0.15, -0.1) is 0 Å². The van der Waals surface area contributed by atoms with E-state index in [-0.39, 0.29) is 5.69 Å². The Morgan fingerprint density at radius 1 is 1.38 bits per heavy atom. The van der Waals surface area contributed by atoms with Gasteiger partial charge in [-0.1, -0.05) is 0 Å². The van der Waals surface area contributed by atoms with Crippen LogP contribution in [0, 0.1) is 0 Å². The van der Waals surface area contributed by atoms with E-state index in [1.54, 1.807) is 30.6 Å². The lowest BCUT2D eigenvalue weighted by Crippen LogP contribution is -2.03. The van der Waals surface area contributed by atoms with E-state index in [2.05, 4.69) is 20.3 Å². The summed E-state index contributed by atoms with van der Waals surface area (Å²) in [5.74, 6) is -0.641. The molecule has 0 saturated carbocycles. The number of ether oxygens (including phenoxy) is 1. The summed E-state index contributed by atoms with van der Waals surface area (Å²) in [6.07, 6.45) is 3.20. The molecule has 3 rings (SSSR count). The minimum absolute atomic E-state index is 0.0659. The zero-order valence-corrected chi connectivity index (χ0v) is 11.0. The highest BCUT2D eigenvalue weighted by Crippen LogP contribution is 2.22. The molecule has 0 bridgehead atoms. The number of carbonyl (C=O) groups is 1. The first kappa shape index (κ1) is 12.9. The molecule has 0 aliphatic carbocycles. The van der Waals surface area contributed by atoms with E-state index in [0.29, 0.717) is 23.0 Å². The SMILES string of the molecule is COc1ccc(-n2nc(C(=O)O)cc2-c2cc[nH]n2)cn1. The van der Waals surface area contributed by atoms with Gasteiger partial charge in [0.1, 0.15) is 5.69 Å². The number of carboxylic acids is 1. The molecule has 0 amide bonds. The van der Waals surface area contributed by atoms with Crippen molar-refractivity contribution in [3.8, 4) is 23.0 Å². The van der Waals surface area contributed by atoms with Crippen molar-refractivity contribution in [3.63, 3.8) is 0 Å². The number of aromatic carboxylic acids is 1. The van der Waals surface area contributed by atoms with Crippen molar-refractivity contribution in [1.82, 2.24) is 25.0 Å². The highest BCUT2D eigenvalue weighted by molar-refractivity contribution is 5.87. The first-order valence-electron chi connectivity index (χ1n) is 6.03. The highest BCUT2D eigenvalue weighted by Gasteiger charge is 2.17. The van der Waals surface area contributed by atoms with Crippen LogP contribution in [-0.4, -0.2) is 43.1 Å². The fourth-order valence-corrected chi connectivity index (χ4v) is 1.89. The van der Waals surface area contributed by atoms with E-state index in [1.165, 1.54) is 17.9 Å². The Hall–Kier alpha value is -3.16. The molecule has 0 aliphatic heterocycles. The Bertz CT molecular complexity index is 762. The predicted molar refractivity (Wildman–Crippen MR) is 72.5 cm³/mol. The lowest BCUT2D eigenvalue weighted by molar-refractivity contribution is 0.0690. The fraction of sp³-hybridized carbons (Fsp3) is 0.0769. The van der Waals surface area contributed by atoms with Crippen molar-refractivity contribution in [1.29, 1.82) is 0 Å². The van der Waals surface area contributed by atoms with Gasteiger partial charge < -0.3 is 9.84 Å². The lowest BCUT2D eigenvalue weighted by atomic mass is 10.2. The molecule has 3 heterocycles. The number of H-pyrrole nitrogens is 1. The molecule has 106 valence electrons. The molecule has 0 fully saturated rings. The standard InChI is InChI=1S/C13H11N5O3/c1-21-12-3-2-8(7-14-12)18-11(9-4-5-15-16-9)6-10(17-18)13(19)20/h2-7H,1H3,(H,15,16)(H,19,20). The number of pyridine rings is 1. The number of nitrogens with one attached hydrogen (secondary N) is 1. The fourth-order valence-electron chi connectivity index (χ4n) is 1.89. The molecular weight excluding hydrogens is 274 g/mol. The van der Waals surface area contributed by atoms with E-state index >= 15 is 0 Å². The second-order valence-electron chi connectivity index (χ2n) is 4.15. The number of methoxy groups -OCH3 is 1. The van der Waals surface area contributed by atoms with Crippen LogP contribution < -0.4 is 4.74 Å².